The molecule has 3 nitrogen and oxygen atoms in total. The number of aldehydes is 1. The van der Waals surface area contributed by atoms with Crippen LogP contribution in [0.2, 0.25) is 0 Å². The summed E-state index contributed by atoms with van der Waals surface area (Å²) in [5.41, 5.74) is 1.14. The molecule has 1 aliphatic rings. The Morgan fingerprint density at radius 1 is 1.40 bits per heavy atom. The first-order valence-corrected chi connectivity index (χ1v) is 5.13. The first kappa shape index (κ1) is 9.90. The molecule has 3 heteroatoms. The summed E-state index contributed by atoms with van der Waals surface area (Å²) in [5, 5.41) is 2.76. The van der Waals surface area contributed by atoms with E-state index in [9.17, 15) is 9.59 Å². The third-order valence-electron chi connectivity index (χ3n) is 2.53. The van der Waals surface area contributed by atoms with E-state index < -0.39 is 0 Å². The number of carbonyl (C=O) groups excluding carboxylic acids is 2. The number of anilines is 1. The maximum Gasteiger partial charge on any atom is 0.224 e. The highest BCUT2D eigenvalue weighted by Gasteiger charge is 2.24. The number of hydrogen-bond acceptors (Lipinski definition) is 2. The standard InChI is InChI=1S/C12H13NO2/c14-8-10-3-1-2-4-11(10)13-12(15)7-9-5-6-9/h1-4,8-9H,5-7H2,(H,13,15). The number of nitrogens with one attached hydrogen (secondary N) is 1. The predicted molar refractivity (Wildman–Crippen MR) is 57.8 cm³/mol. The first-order valence-electron chi connectivity index (χ1n) is 5.13. The number of amides is 1. The molecule has 0 unspecified atom stereocenters. The van der Waals surface area contributed by atoms with E-state index in [0.717, 1.165) is 19.1 Å². The lowest BCUT2D eigenvalue weighted by Gasteiger charge is -2.06. The minimum absolute atomic E-state index is 0.00630. The summed E-state index contributed by atoms with van der Waals surface area (Å²) in [4.78, 5) is 22.2. The third-order valence-corrected chi connectivity index (χ3v) is 2.53. The average molecular weight is 203 g/mol. The summed E-state index contributed by atoms with van der Waals surface area (Å²) >= 11 is 0. The number of benzene rings is 1. The van der Waals surface area contributed by atoms with Gasteiger partial charge in [0.1, 0.15) is 0 Å². The summed E-state index contributed by atoms with van der Waals surface area (Å²) in [6, 6.07) is 7.02. The summed E-state index contributed by atoms with van der Waals surface area (Å²) in [6.07, 6.45) is 3.64. The Balaban J connectivity index is 2.01. The Morgan fingerprint density at radius 3 is 2.80 bits per heavy atom. The molecule has 0 aliphatic heterocycles. The highest BCUT2D eigenvalue weighted by atomic mass is 16.1. The van der Waals surface area contributed by atoms with E-state index in [1.165, 1.54) is 0 Å². The topological polar surface area (TPSA) is 46.2 Å². The van der Waals surface area contributed by atoms with Crippen LogP contribution in [0.4, 0.5) is 5.69 Å². The molecule has 0 radical (unpaired) electrons. The van der Waals surface area contributed by atoms with Crippen LogP contribution in [0.15, 0.2) is 24.3 Å². The fourth-order valence-electron chi connectivity index (χ4n) is 1.50. The molecule has 0 aromatic heterocycles. The molecule has 78 valence electrons. The molecule has 1 fully saturated rings. The van der Waals surface area contributed by atoms with E-state index in [-0.39, 0.29) is 5.91 Å². The van der Waals surface area contributed by atoms with Gasteiger partial charge in [0.15, 0.2) is 6.29 Å². The van der Waals surface area contributed by atoms with E-state index in [1.807, 2.05) is 0 Å². The van der Waals surface area contributed by atoms with Gasteiger partial charge in [0, 0.05) is 12.0 Å². The highest BCUT2D eigenvalue weighted by Crippen LogP contribution is 2.32. The van der Waals surface area contributed by atoms with Crippen molar-refractivity contribution in [3.8, 4) is 0 Å². The molecule has 1 aromatic carbocycles. The van der Waals surface area contributed by atoms with Crippen LogP contribution < -0.4 is 5.32 Å². The van der Waals surface area contributed by atoms with Gasteiger partial charge in [-0.25, -0.2) is 0 Å². The second kappa shape index (κ2) is 4.26. The summed E-state index contributed by atoms with van der Waals surface area (Å²) in [6.45, 7) is 0. The Morgan fingerprint density at radius 2 is 2.13 bits per heavy atom. The molecular formula is C12H13NO2. The zero-order valence-corrected chi connectivity index (χ0v) is 8.40. The second-order valence-corrected chi connectivity index (χ2v) is 3.90. The molecule has 0 bridgehead atoms. The molecule has 0 saturated heterocycles. The molecule has 2 rings (SSSR count). The van der Waals surface area contributed by atoms with E-state index in [0.29, 0.717) is 23.6 Å². The molecule has 1 N–H and O–H groups in total. The van der Waals surface area contributed by atoms with Crippen LogP contribution in [-0.2, 0) is 4.79 Å². The van der Waals surface area contributed by atoms with Gasteiger partial charge in [-0.1, -0.05) is 12.1 Å². The van der Waals surface area contributed by atoms with Crippen LogP contribution in [0, 0.1) is 5.92 Å². The molecule has 0 atom stereocenters. The normalized spacial score (nSPS) is 14.7. The van der Waals surface area contributed by atoms with Crippen molar-refractivity contribution in [2.75, 3.05) is 5.32 Å². The fourth-order valence-corrected chi connectivity index (χ4v) is 1.50. The Kier molecular flexibility index (Phi) is 2.81. The lowest BCUT2D eigenvalue weighted by Crippen LogP contribution is -2.13. The van der Waals surface area contributed by atoms with Crippen molar-refractivity contribution in [3.05, 3.63) is 29.8 Å². The van der Waals surface area contributed by atoms with Gasteiger partial charge < -0.3 is 5.32 Å². The van der Waals surface area contributed by atoms with Gasteiger partial charge in [-0.15, -0.1) is 0 Å². The first-order chi connectivity index (χ1) is 7.29. The van der Waals surface area contributed by atoms with E-state index in [1.54, 1.807) is 24.3 Å². The SMILES string of the molecule is O=Cc1ccccc1NC(=O)CC1CC1. The summed E-state index contributed by atoms with van der Waals surface area (Å²) in [5.74, 6) is 0.570. The zero-order valence-electron chi connectivity index (χ0n) is 8.40. The third kappa shape index (κ3) is 2.65. The molecular weight excluding hydrogens is 190 g/mol. The maximum absolute atomic E-state index is 11.5. The maximum atomic E-state index is 11.5. The summed E-state index contributed by atoms with van der Waals surface area (Å²) < 4.78 is 0. The highest BCUT2D eigenvalue weighted by molar-refractivity contribution is 5.96. The van der Waals surface area contributed by atoms with Crippen molar-refractivity contribution in [1.29, 1.82) is 0 Å². The smallest absolute Gasteiger partial charge is 0.224 e. The summed E-state index contributed by atoms with van der Waals surface area (Å²) in [7, 11) is 0. The molecule has 1 amide bonds. The van der Waals surface area contributed by atoms with Crippen LogP contribution in [-0.4, -0.2) is 12.2 Å². The quantitative estimate of drug-likeness (QED) is 0.763. The Bertz CT molecular complexity index is 383. The van der Waals surface area contributed by atoms with Gasteiger partial charge in [-0.2, -0.15) is 0 Å². The van der Waals surface area contributed by atoms with E-state index in [2.05, 4.69) is 5.32 Å². The van der Waals surface area contributed by atoms with Crippen LogP contribution in [0.5, 0.6) is 0 Å². The lowest BCUT2D eigenvalue weighted by atomic mass is 10.2. The second-order valence-electron chi connectivity index (χ2n) is 3.90. The van der Waals surface area contributed by atoms with Crippen molar-refractivity contribution in [1.82, 2.24) is 0 Å². The number of rotatable bonds is 4. The van der Waals surface area contributed by atoms with Gasteiger partial charge in [-0.05, 0) is 30.9 Å². The lowest BCUT2D eigenvalue weighted by molar-refractivity contribution is -0.116. The fraction of sp³-hybridized carbons (Fsp3) is 0.333. The van der Waals surface area contributed by atoms with Gasteiger partial charge in [0.25, 0.3) is 0 Å². The van der Waals surface area contributed by atoms with E-state index >= 15 is 0 Å². The van der Waals surface area contributed by atoms with Gasteiger partial charge in [0.2, 0.25) is 5.91 Å². The molecule has 1 aliphatic carbocycles. The van der Waals surface area contributed by atoms with Crippen LogP contribution in [0.1, 0.15) is 29.6 Å². The molecule has 1 aromatic rings. The Labute approximate surface area is 88.5 Å². The monoisotopic (exact) mass is 203 g/mol. The van der Waals surface area contributed by atoms with Gasteiger partial charge in [-0.3, -0.25) is 9.59 Å². The van der Waals surface area contributed by atoms with Crippen LogP contribution >= 0.6 is 0 Å². The van der Waals surface area contributed by atoms with Crippen molar-refractivity contribution in [2.45, 2.75) is 19.3 Å². The molecule has 1 saturated carbocycles. The molecule has 0 spiro atoms. The zero-order chi connectivity index (χ0) is 10.7. The van der Waals surface area contributed by atoms with Crippen LogP contribution in [0.25, 0.3) is 0 Å². The van der Waals surface area contributed by atoms with E-state index in [4.69, 9.17) is 0 Å². The Hall–Kier alpha value is -1.64. The number of hydrogen-bond donors (Lipinski definition) is 1. The van der Waals surface area contributed by atoms with Crippen molar-refractivity contribution < 1.29 is 9.59 Å². The minimum Gasteiger partial charge on any atom is -0.325 e. The molecule has 0 heterocycles. The number of carbonyl (C=O) groups is 2. The van der Waals surface area contributed by atoms with Crippen molar-refractivity contribution >= 4 is 17.9 Å². The van der Waals surface area contributed by atoms with Gasteiger partial charge in [0.05, 0.1) is 5.69 Å². The minimum atomic E-state index is 0.00630. The molecule has 15 heavy (non-hydrogen) atoms. The van der Waals surface area contributed by atoms with Crippen molar-refractivity contribution in [3.63, 3.8) is 0 Å². The van der Waals surface area contributed by atoms with Crippen LogP contribution in [0.3, 0.4) is 0 Å². The number of para-hydroxylation sites is 1. The van der Waals surface area contributed by atoms with Crippen molar-refractivity contribution in [2.24, 2.45) is 5.92 Å². The largest absolute Gasteiger partial charge is 0.325 e. The average Bonchev–Trinajstić information content (AvgIpc) is 3.02. The predicted octanol–water partition coefficient (Wildman–Crippen LogP) is 2.24. The van der Waals surface area contributed by atoms with Gasteiger partial charge >= 0.3 is 0 Å².